The van der Waals surface area contributed by atoms with Crippen LogP contribution in [0.25, 0.3) is 0 Å². The Bertz CT molecular complexity index is 902. The van der Waals surface area contributed by atoms with Crippen LogP contribution < -0.4 is 5.32 Å². The molecule has 0 amide bonds. The largest absolute Gasteiger partial charge is 0.472 e. The molecule has 0 aromatic carbocycles. The van der Waals surface area contributed by atoms with E-state index in [0.29, 0.717) is 13.0 Å². The highest BCUT2D eigenvalue weighted by Crippen LogP contribution is 2.43. The summed E-state index contributed by atoms with van der Waals surface area (Å²) in [4.78, 5) is 35.1. The first-order valence-corrected chi connectivity index (χ1v) is 24.1. The van der Waals surface area contributed by atoms with Gasteiger partial charge in [0.05, 0.1) is 13.2 Å². The molecule has 0 spiro atoms. The van der Waals surface area contributed by atoms with Crippen LogP contribution in [-0.2, 0) is 32.7 Å². The second-order valence-corrected chi connectivity index (χ2v) is 16.7. The van der Waals surface area contributed by atoms with Gasteiger partial charge in [-0.2, -0.15) is 0 Å². The lowest BCUT2D eigenvalue weighted by atomic mass is 10.0. The summed E-state index contributed by atoms with van der Waals surface area (Å²) in [5, 5.41) is 2.83. The molecule has 0 bridgehead atoms. The fourth-order valence-corrected chi connectivity index (χ4v) is 7.18. The van der Waals surface area contributed by atoms with Gasteiger partial charge in [0, 0.05) is 19.4 Å². The Hall–Kier alpha value is -1.25. The van der Waals surface area contributed by atoms with E-state index in [2.05, 4.69) is 31.3 Å². The van der Waals surface area contributed by atoms with Crippen LogP contribution in [0.15, 0.2) is 12.2 Å². The summed E-state index contributed by atoms with van der Waals surface area (Å²) in [7, 11) is -2.64. The Morgan fingerprint density at radius 1 is 0.556 bits per heavy atom. The second-order valence-electron chi connectivity index (χ2n) is 15.2. The third kappa shape index (κ3) is 40.4. The summed E-state index contributed by atoms with van der Waals surface area (Å²) < 4.78 is 33.2. The van der Waals surface area contributed by atoms with E-state index in [9.17, 15) is 19.0 Å². The summed E-state index contributed by atoms with van der Waals surface area (Å²) in [6.45, 7) is 4.23. The first-order valence-electron chi connectivity index (χ1n) is 22.6. The molecule has 0 radical (unpaired) electrons. The lowest BCUT2D eigenvalue weighted by molar-refractivity contribution is -0.161. The fraction of sp³-hybridized carbons (Fsp3) is 0.909. The molecule has 0 rings (SSSR count). The molecule has 0 saturated carbocycles. The SMILES string of the molecule is CCCCCC/C=C\CCCCCCCC(=O)OCC(COP(=O)(O)OCCNC)OC(=O)CCCCCCCCCCCCCCCCCCCCC. The number of nitrogens with one attached hydrogen (secondary N) is 1. The van der Waals surface area contributed by atoms with E-state index < -0.39 is 26.5 Å². The zero-order chi connectivity index (χ0) is 39.6. The van der Waals surface area contributed by atoms with Crippen molar-refractivity contribution in [3.63, 3.8) is 0 Å². The van der Waals surface area contributed by atoms with Gasteiger partial charge in [-0.25, -0.2) is 4.57 Å². The Balaban J connectivity index is 4.15. The van der Waals surface area contributed by atoms with Crippen molar-refractivity contribution in [1.82, 2.24) is 5.32 Å². The molecule has 0 heterocycles. The number of ether oxygens (including phenoxy) is 2. The van der Waals surface area contributed by atoms with Crippen LogP contribution in [0.4, 0.5) is 0 Å². The van der Waals surface area contributed by atoms with Gasteiger partial charge in [-0.1, -0.05) is 180 Å². The van der Waals surface area contributed by atoms with Gasteiger partial charge in [0.25, 0.3) is 0 Å². The van der Waals surface area contributed by atoms with E-state index in [4.69, 9.17) is 18.5 Å². The smallest absolute Gasteiger partial charge is 0.462 e. The molecule has 0 aromatic rings. The third-order valence-electron chi connectivity index (χ3n) is 9.89. The van der Waals surface area contributed by atoms with Gasteiger partial charge in [-0.3, -0.25) is 18.6 Å². The number of carbonyl (C=O) groups excluding carboxylic acids is 2. The lowest BCUT2D eigenvalue weighted by Gasteiger charge is -2.20. The van der Waals surface area contributed by atoms with E-state index >= 15 is 0 Å². The van der Waals surface area contributed by atoms with E-state index in [1.54, 1.807) is 7.05 Å². The topological polar surface area (TPSA) is 120 Å². The zero-order valence-electron chi connectivity index (χ0n) is 35.4. The number of rotatable bonds is 43. The Morgan fingerprint density at radius 3 is 1.39 bits per heavy atom. The Morgan fingerprint density at radius 2 is 0.944 bits per heavy atom. The molecule has 0 saturated heterocycles. The first-order chi connectivity index (χ1) is 26.3. The van der Waals surface area contributed by atoms with Crippen LogP contribution >= 0.6 is 7.82 Å². The van der Waals surface area contributed by atoms with Crippen LogP contribution in [0.5, 0.6) is 0 Å². The maximum atomic E-state index is 12.6. The average Bonchev–Trinajstić information content (AvgIpc) is 3.15. The van der Waals surface area contributed by atoms with Crippen molar-refractivity contribution in [3.8, 4) is 0 Å². The summed E-state index contributed by atoms with van der Waals surface area (Å²) in [5.74, 6) is -0.805. The van der Waals surface area contributed by atoms with E-state index in [1.807, 2.05) is 0 Å². The minimum Gasteiger partial charge on any atom is -0.462 e. The van der Waals surface area contributed by atoms with Crippen LogP contribution in [-0.4, -0.2) is 56.3 Å². The summed E-state index contributed by atoms with van der Waals surface area (Å²) in [6, 6.07) is 0. The molecular formula is C44H86NO8P. The number of esters is 2. The van der Waals surface area contributed by atoms with Crippen LogP contribution in [0.3, 0.4) is 0 Å². The van der Waals surface area contributed by atoms with Crippen molar-refractivity contribution in [3.05, 3.63) is 12.2 Å². The van der Waals surface area contributed by atoms with Crippen LogP contribution in [0, 0.1) is 0 Å². The molecule has 0 aliphatic rings. The molecule has 0 fully saturated rings. The summed E-state index contributed by atoms with van der Waals surface area (Å²) in [5.41, 5.74) is 0. The van der Waals surface area contributed by atoms with Gasteiger partial charge in [-0.15, -0.1) is 0 Å². The highest BCUT2D eigenvalue weighted by molar-refractivity contribution is 7.47. The van der Waals surface area contributed by atoms with Gasteiger partial charge in [0.1, 0.15) is 6.61 Å². The normalized spacial score (nSPS) is 13.3. The number of unbranched alkanes of at least 4 members (excludes halogenated alkanes) is 27. The van der Waals surface area contributed by atoms with Gasteiger partial charge in [-0.05, 0) is 45.6 Å². The highest BCUT2D eigenvalue weighted by Gasteiger charge is 2.26. The van der Waals surface area contributed by atoms with Gasteiger partial charge >= 0.3 is 19.8 Å². The minimum atomic E-state index is -4.34. The van der Waals surface area contributed by atoms with Crippen molar-refractivity contribution >= 4 is 19.8 Å². The molecular weight excluding hydrogens is 701 g/mol. The lowest BCUT2D eigenvalue weighted by Crippen LogP contribution is -2.29. The van der Waals surface area contributed by atoms with Crippen molar-refractivity contribution in [2.75, 3.05) is 33.4 Å². The molecule has 320 valence electrons. The molecule has 0 aliphatic carbocycles. The van der Waals surface area contributed by atoms with Crippen molar-refractivity contribution < 1.29 is 37.6 Å². The number of phosphoric acid groups is 1. The third-order valence-corrected chi connectivity index (χ3v) is 10.9. The van der Waals surface area contributed by atoms with E-state index in [1.165, 1.54) is 135 Å². The molecule has 2 N–H and O–H groups in total. The van der Waals surface area contributed by atoms with Crippen LogP contribution in [0.2, 0.25) is 0 Å². The Kier molecular flexibility index (Phi) is 40.4. The monoisotopic (exact) mass is 788 g/mol. The van der Waals surface area contributed by atoms with Crippen molar-refractivity contribution in [2.45, 2.75) is 225 Å². The van der Waals surface area contributed by atoms with Gasteiger partial charge in [0.15, 0.2) is 6.10 Å². The van der Waals surface area contributed by atoms with Crippen molar-refractivity contribution in [2.24, 2.45) is 0 Å². The maximum absolute atomic E-state index is 12.6. The number of allylic oxidation sites excluding steroid dienone is 2. The predicted octanol–water partition coefficient (Wildman–Crippen LogP) is 12.9. The number of phosphoric ester groups is 1. The fourth-order valence-electron chi connectivity index (χ4n) is 6.43. The van der Waals surface area contributed by atoms with Gasteiger partial charge < -0.3 is 19.7 Å². The number of hydrogen-bond acceptors (Lipinski definition) is 8. The van der Waals surface area contributed by atoms with E-state index in [-0.39, 0.29) is 32.0 Å². The maximum Gasteiger partial charge on any atom is 0.472 e. The summed E-state index contributed by atoms with van der Waals surface area (Å²) >= 11 is 0. The molecule has 2 unspecified atom stereocenters. The predicted molar refractivity (Wildman–Crippen MR) is 225 cm³/mol. The molecule has 2 atom stereocenters. The Labute approximate surface area is 332 Å². The molecule has 0 aromatic heterocycles. The zero-order valence-corrected chi connectivity index (χ0v) is 36.3. The van der Waals surface area contributed by atoms with Crippen molar-refractivity contribution in [1.29, 1.82) is 0 Å². The second kappa shape index (κ2) is 41.4. The van der Waals surface area contributed by atoms with E-state index in [0.717, 1.165) is 51.4 Å². The minimum absolute atomic E-state index is 0.0149. The number of hydrogen-bond donors (Lipinski definition) is 2. The quantitative estimate of drug-likeness (QED) is 0.0269. The van der Waals surface area contributed by atoms with Crippen LogP contribution in [0.1, 0.15) is 219 Å². The number of likely N-dealkylation sites (N-methyl/N-ethyl adjacent to an activating group) is 1. The number of carbonyl (C=O) groups is 2. The standard InChI is InChI=1S/C44H86NO8P/c1-4-6-8-10-12-14-16-18-19-20-21-22-23-25-27-29-31-33-35-37-44(47)53-42(41-52-54(48,49)51-39-38-45-3)40-50-43(46)36-34-32-30-28-26-24-17-15-13-11-9-7-5-2/h15,17,42,45H,4-14,16,18-41H2,1-3H3,(H,48,49)/b17-15-. The summed E-state index contributed by atoms with van der Waals surface area (Å²) in [6.07, 6.45) is 41.1. The highest BCUT2D eigenvalue weighted by atomic mass is 31.2. The molecule has 10 heteroatoms. The average molecular weight is 788 g/mol. The molecule has 9 nitrogen and oxygen atoms in total. The molecule has 0 aliphatic heterocycles. The molecule has 54 heavy (non-hydrogen) atoms. The first kappa shape index (κ1) is 52.8. The van der Waals surface area contributed by atoms with Gasteiger partial charge in [0.2, 0.25) is 0 Å².